The number of thiazole rings is 1. The van der Waals surface area contributed by atoms with Crippen LogP contribution in [0.25, 0.3) is 0 Å². The molecule has 1 atom stereocenters. The Labute approximate surface area is 131 Å². The molecular formula is C15H27N3O2S. The fourth-order valence-electron chi connectivity index (χ4n) is 1.87. The van der Waals surface area contributed by atoms with E-state index in [4.69, 9.17) is 4.74 Å². The van der Waals surface area contributed by atoms with E-state index in [2.05, 4.69) is 15.6 Å². The summed E-state index contributed by atoms with van der Waals surface area (Å²) in [6, 6.07) is 0.0641. The van der Waals surface area contributed by atoms with E-state index >= 15 is 0 Å². The lowest BCUT2D eigenvalue weighted by molar-refractivity contribution is 0.0502. The monoisotopic (exact) mass is 313 g/mol. The van der Waals surface area contributed by atoms with Crippen LogP contribution in [-0.2, 0) is 11.3 Å². The Balaban J connectivity index is 2.37. The molecule has 0 radical (unpaired) electrons. The number of hydrogen-bond acceptors (Lipinski definition) is 5. The van der Waals surface area contributed by atoms with Gasteiger partial charge in [0.15, 0.2) is 0 Å². The second kappa shape index (κ2) is 7.75. The summed E-state index contributed by atoms with van der Waals surface area (Å²) < 4.78 is 5.27. The Morgan fingerprint density at radius 3 is 2.52 bits per heavy atom. The van der Waals surface area contributed by atoms with E-state index in [1.165, 1.54) is 4.88 Å². The third kappa shape index (κ3) is 6.91. The lowest BCUT2D eigenvalue weighted by Gasteiger charge is -2.23. The third-order valence-electron chi connectivity index (χ3n) is 2.89. The van der Waals surface area contributed by atoms with Crippen molar-refractivity contribution in [3.05, 3.63) is 15.6 Å². The van der Waals surface area contributed by atoms with Crippen LogP contribution in [0.4, 0.5) is 4.79 Å². The number of alkyl carbamates (subject to hydrolysis) is 1. The molecule has 0 fully saturated rings. The van der Waals surface area contributed by atoms with Crippen molar-refractivity contribution in [1.29, 1.82) is 0 Å². The van der Waals surface area contributed by atoms with E-state index in [1.807, 2.05) is 41.5 Å². The fraction of sp³-hybridized carbons (Fsp3) is 0.733. The SMILES string of the molecule is CCC(CNCc1sc(C)nc1C)NC(=O)OC(C)(C)C. The van der Waals surface area contributed by atoms with Gasteiger partial charge in [0.2, 0.25) is 0 Å². The highest BCUT2D eigenvalue weighted by Crippen LogP contribution is 2.16. The van der Waals surface area contributed by atoms with Crippen LogP contribution in [0.3, 0.4) is 0 Å². The molecule has 0 saturated heterocycles. The summed E-state index contributed by atoms with van der Waals surface area (Å²) in [7, 11) is 0. The molecule has 0 aliphatic rings. The Kier molecular flexibility index (Phi) is 6.61. The van der Waals surface area contributed by atoms with Crippen LogP contribution in [-0.4, -0.2) is 29.3 Å². The van der Waals surface area contributed by atoms with E-state index in [9.17, 15) is 4.79 Å². The molecule has 1 rings (SSSR count). The number of rotatable bonds is 6. The van der Waals surface area contributed by atoms with Gasteiger partial charge >= 0.3 is 6.09 Å². The summed E-state index contributed by atoms with van der Waals surface area (Å²) in [4.78, 5) is 17.4. The molecule has 0 aromatic carbocycles. The topological polar surface area (TPSA) is 63.2 Å². The number of aryl methyl sites for hydroxylation is 2. The van der Waals surface area contributed by atoms with Crippen LogP contribution in [0.5, 0.6) is 0 Å². The zero-order valence-corrected chi connectivity index (χ0v) is 14.7. The minimum absolute atomic E-state index is 0.0641. The van der Waals surface area contributed by atoms with E-state index in [0.717, 1.165) is 23.7 Å². The summed E-state index contributed by atoms with van der Waals surface area (Å²) in [5.41, 5.74) is 0.616. The van der Waals surface area contributed by atoms with E-state index in [-0.39, 0.29) is 12.1 Å². The van der Waals surface area contributed by atoms with Gasteiger partial charge in [-0.05, 0) is 41.0 Å². The third-order valence-corrected chi connectivity index (χ3v) is 3.96. The van der Waals surface area contributed by atoms with E-state index < -0.39 is 5.60 Å². The van der Waals surface area contributed by atoms with Crippen molar-refractivity contribution in [2.45, 2.75) is 66.2 Å². The molecule has 21 heavy (non-hydrogen) atoms. The van der Waals surface area contributed by atoms with Gasteiger partial charge in [0.25, 0.3) is 0 Å². The molecule has 0 bridgehead atoms. The van der Waals surface area contributed by atoms with Crippen molar-refractivity contribution < 1.29 is 9.53 Å². The summed E-state index contributed by atoms with van der Waals surface area (Å²) in [5.74, 6) is 0. The molecule has 1 aromatic rings. The average Bonchev–Trinajstić information content (AvgIpc) is 2.64. The second-order valence-corrected chi connectivity index (χ2v) is 7.41. The Morgan fingerprint density at radius 2 is 2.05 bits per heavy atom. The number of nitrogens with one attached hydrogen (secondary N) is 2. The van der Waals surface area contributed by atoms with Crippen LogP contribution in [0.15, 0.2) is 0 Å². The first-order chi connectivity index (χ1) is 9.71. The van der Waals surface area contributed by atoms with Crippen molar-refractivity contribution in [3.8, 4) is 0 Å². The number of amides is 1. The predicted molar refractivity (Wildman–Crippen MR) is 86.7 cm³/mol. The molecule has 1 aromatic heterocycles. The first-order valence-electron chi connectivity index (χ1n) is 7.34. The van der Waals surface area contributed by atoms with Gasteiger partial charge < -0.3 is 15.4 Å². The predicted octanol–water partition coefficient (Wildman–Crippen LogP) is 3.15. The highest BCUT2D eigenvalue weighted by Gasteiger charge is 2.18. The number of hydrogen-bond donors (Lipinski definition) is 2. The lowest BCUT2D eigenvalue weighted by Crippen LogP contribution is -2.43. The molecule has 6 heteroatoms. The minimum Gasteiger partial charge on any atom is -0.444 e. The number of carbonyl (C=O) groups excluding carboxylic acids is 1. The van der Waals surface area contributed by atoms with Crippen LogP contribution in [0.1, 0.15) is 49.7 Å². The summed E-state index contributed by atoms with van der Waals surface area (Å²) in [6.45, 7) is 13.2. The molecule has 0 aliphatic heterocycles. The van der Waals surface area contributed by atoms with Crippen molar-refractivity contribution >= 4 is 17.4 Å². The Hall–Kier alpha value is -1.14. The number of carbonyl (C=O) groups is 1. The highest BCUT2D eigenvalue weighted by atomic mass is 32.1. The first-order valence-corrected chi connectivity index (χ1v) is 8.16. The lowest BCUT2D eigenvalue weighted by atomic mass is 10.2. The van der Waals surface area contributed by atoms with Gasteiger partial charge in [0.05, 0.1) is 10.7 Å². The van der Waals surface area contributed by atoms with Crippen LogP contribution in [0, 0.1) is 13.8 Å². The molecule has 1 heterocycles. The van der Waals surface area contributed by atoms with Crippen molar-refractivity contribution in [2.75, 3.05) is 6.54 Å². The Bertz CT molecular complexity index is 466. The van der Waals surface area contributed by atoms with Gasteiger partial charge in [-0.15, -0.1) is 11.3 Å². The summed E-state index contributed by atoms with van der Waals surface area (Å²) in [5, 5.41) is 7.35. The van der Waals surface area contributed by atoms with Gasteiger partial charge in [-0.2, -0.15) is 0 Å². The van der Waals surface area contributed by atoms with E-state index in [0.29, 0.717) is 6.54 Å². The van der Waals surface area contributed by atoms with E-state index in [1.54, 1.807) is 11.3 Å². The average molecular weight is 313 g/mol. The highest BCUT2D eigenvalue weighted by molar-refractivity contribution is 7.11. The number of ether oxygens (including phenoxy) is 1. The zero-order chi connectivity index (χ0) is 16.0. The van der Waals surface area contributed by atoms with Crippen molar-refractivity contribution in [2.24, 2.45) is 0 Å². The first kappa shape index (κ1) is 17.9. The smallest absolute Gasteiger partial charge is 0.407 e. The molecule has 0 saturated carbocycles. The Morgan fingerprint density at radius 1 is 1.38 bits per heavy atom. The second-order valence-electron chi connectivity index (χ2n) is 6.12. The van der Waals surface area contributed by atoms with Gasteiger partial charge in [0, 0.05) is 24.0 Å². The van der Waals surface area contributed by atoms with Crippen molar-refractivity contribution in [1.82, 2.24) is 15.6 Å². The molecule has 1 amide bonds. The summed E-state index contributed by atoms with van der Waals surface area (Å²) in [6.07, 6.45) is 0.494. The molecular weight excluding hydrogens is 286 g/mol. The standard InChI is InChI=1S/C15H27N3O2S/c1-7-12(18-14(19)20-15(4,5)6)8-16-9-13-10(2)17-11(3)21-13/h12,16H,7-9H2,1-6H3,(H,18,19). The molecule has 5 nitrogen and oxygen atoms in total. The quantitative estimate of drug-likeness (QED) is 0.847. The molecule has 0 aliphatic carbocycles. The maximum absolute atomic E-state index is 11.7. The molecule has 120 valence electrons. The normalized spacial score (nSPS) is 13.0. The molecule has 2 N–H and O–H groups in total. The summed E-state index contributed by atoms with van der Waals surface area (Å²) >= 11 is 1.71. The largest absolute Gasteiger partial charge is 0.444 e. The van der Waals surface area contributed by atoms with Crippen LogP contribution >= 0.6 is 11.3 Å². The van der Waals surface area contributed by atoms with Gasteiger partial charge in [-0.1, -0.05) is 6.92 Å². The number of aromatic nitrogens is 1. The maximum atomic E-state index is 11.7. The maximum Gasteiger partial charge on any atom is 0.407 e. The van der Waals surface area contributed by atoms with Crippen LogP contribution in [0.2, 0.25) is 0 Å². The van der Waals surface area contributed by atoms with Gasteiger partial charge in [-0.25, -0.2) is 9.78 Å². The molecule has 1 unspecified atom stereocenters. The minimum atomic E-state index is -0.465. The fourth-order valence-corrected chi connectivity index (χ4v) is 2.78. The van der Waals surface area contributed by atoms with Gasteiger partial charge in [0.1, 0.15) is 5.60 Å². The van der Waals surface area contributed by atoms with Crippen LogP contribution < -0.4 is 10.6 Å². The van der Waals surface area contributed by atoms with Gasteiger partial charge in [-0.3, -0.25) is 0 Å². The number of nitrogens with zero attached hydrogens (tertiary/aromatic N) is 1. The zero-order valence-electron chi connectivity index (χ0n) is 13.9. The van der Waals surface area contributed by atoms with Crippen molar-refractivity contribution in [3.63, 3.8) is 0 Å². The molecule has 0 spiro atoms.